The standard InChI is InChI=1S/C35H37N3O4/c1-2-3-23-38(26-28-11-5-4-6-12-28)35(42)32-16-10-8-14-30(32)29-13-7-9-15-31(29)34(41)37(25-20-33(39)40)24-19-27-17-21-36-22-18-27/h4-18,21-22H,2-3,19-20,23-26H2,1H3,(H,39,40). The first-order valence-electron chi connectivity index (χ1n) is 14.4. The summed E-state index contributed by atoms with van der Waals surface area (Å²) < 4.78 is 0. The highest BCUT2D eigenvalue weighted by Gasteiger charge is 2.24. The zero-order valence-electron chi connectivity index (χ0n) is 24.0. The number of hydrogen-bond donors (Lipinski definition) is 1. The third kappa shape index (κ3) is 8.13. The van der Waals surface area contributed by atoms with Gasteiger partial charge in [0.05, 0.1) is 6.42 Å². The van der Waals surface area contributed by atoms with Crippen LogP contribution in [-0.2, 0) is 17.8 Å². The summed E-state index contributed by atoms with van der Waals surface area (Å²) in [6.07, 6.45) is 5.64. The van der Waals surface area contributed by atoms with Crippen molar-refractivity contribution in [2.75, 3.05) is 19.6 Å². The van der Waals surface area contributed by atoms with Gasteiger partial charge in [-0.2, -0.15) is 0 Å². The molecule has 0 radical (unpaired) electrons. The molecule has 2 amide bonds. The maximum absolute atomic E-state index is 14.1. The molecule has 0 spiro atoms. The molecular formula is C35H37N3O4. The third-order valence-corrected chi connectivity index (χ3v) is 7.19. The number of amides is 2. The molecule has 0 atom stereocenters. The number of hydrogen-bond acceptors (Lipinski definition) is 4. The first-order valence-corrected chi connectivity index (χ1v) is 14.4. The molecule has 0 aliphatic heterocycles. The minimum atomic E-state index is -0.966. The Morgan fingerprint density at radius 3 is 1.83 bits per heavy atom. The minimum Gasteiger partial charge on any atom is -0.481 e. The van der Waals surface area contributed by atoms with Crippen LogP contribution in [-0.4, -0.2) is 57.3 Å². The van der Waals surface area contributed by atoms with Gasteiger partial charge < -0.3 is 14.9 Å². The Morgan fingerprint density at radius 2 is 1.24 bits per heavy atom. The molecule has 4 rings (SSSR count). The number of pyridine rings is 1. The Balaban J connectivity index is 1.67. The molecule has 1 N–H and O–H groups in total. The largest absolute Gasteiger partial charge is 0.481 e. The minimum absolute atomic E-state index is 0.0794. The van der Waals surface area contributed by atoms with Crippen LogP contribution in [0.3, 0.4) is 0 Å². The molecule has 7 heteroatoms. The van der Waals surface area contributed by atoms with Crippen molar-refractivity contribution < 1.29 is 19.5 Å². The average molecular weight is 564 g/mol. The van der Waals surface area contributed by atoms with Crippen LogP contribution in [0.25, 0.3) is 11.1 Å². The highest BCUT2D eigenvalue weighted by atomic mass is 16.4. The molecule has 0 aliphatic carbocycles. The van der Waals surface area contributed by atoms with Gasteiger partial charge in [0.15, 0.2) is 0 Å². The zero-order chi connectivity index (χ0) is 29.7. The lowest BCUT2D eigenvalue weighted by atomic mass is 9.93. The van der Waals surface area contributed by atoms with E-state index >= 15 is 0 Å². The summed E-state index contributed by atoms with van der Waals surface area (Å²) in [7, 11) is 0. The Hall–Kier alpha value is -4.78. The normalized spacial score (nSPS) is 10.7. The van der Waals surface area contributed by atoms with Crippen LogP contribution < -0.4 is 0 Å². The van der Waals surface area contributed by atoms with Crippen molar-refractivity contribution in [2.45, 2.75) is 39.2 Å². The predicted molar refractivity (Wildman–Crippen MR) is 164 cm³/mol. The Labute approximate surface area is 247 Å². The number of carboxylic acid groups (broad SMARTS) is 1. The van der Waals surface area contributed by atoms with E-state index in [0.29, 0.717) is 48.3 Å². The number of aromatic nitrogens is 1. The molecule has 216 valence electrons. The molecule has 3 aromatic carbocycles. The zero-order valence-corrected chi connectivity index (χ0v) is 24.0. The second-order valence-electron chi connectivity index (χ2n) is 10.2. The van der Waals surface area contributed by atoms with Crippen LogP contribution in [0.2, 0.25) is 0 Å². The molecule has 0 aliphatic rings. The van der Waals surface area contributed by atoms with Gasteiger partial charge in [0.2, 0.25) is 0 Å². The van der Waals surface area contributed by atoms with Crippen molar-refractivity contribution in [3.8, 4) is 11.1 Å². The van der Waals surface area contributed by atoms with E-state index in [1.807, 2.05) is 83.8 Å². The van der Waals surface area contributed by atoms with E-state index in [1.54, 1.807) is 29.4 Å². The van der Waals surface area contributed by atoms with Gasteiger partial charge in [0, 0.05) is 49.7 Å². The van der Waals surface area contributed by atoms with Crippen LogP contribution >= 0.6 is 0 Å². The Morgan fingerprint density at radius 1 is 0.667 bits per heavy atom. The van der Waals surface area contributed by atoms with E-state index in [0.717, 1.165) is 24.0 Å². The van der Waals surface area contributed by atoms with Gasteiger partial charge in [-0.3, -0.25) is 19.4 Å². The lowest BCUT2D eigenvalue weighted by Gasteiger charge is -2.26. The predicted octanol–water partition coefficient (Wildman–Crippen LogP) is 6.35. The molecule has 0 saturated heterocycles. The topological polar surface area (TPSA) is 90.8 Å². The number of aliphatic carboxylic acids is 1. The molecule has 42 heavy (non-hydrogen) atoms. The van der Waals surface area contributed by atoms with Crippen LogP contribution in [0, 0.1) is 0 Å². The quantitative estimate of drug-likeness (QED) is 0.193. The summed E-state index contributed by atoms with van der Waals surface area (Å²) in [6, 6.07) is 28.3. The summed E-state index contributed by atoms with van der Waals surface area (Å²) in [5, 5.41) is 9.36. The van der Waals surface area contributed by atoms with Gasteiger partial charge in [0.25, 0.3) is 11.8 Å². The number of carbonyl (C=O) groups is 3. The maximum Gasteiger partial charge on any atom is 0.305 e. The van der Waals surface area contributed by atoms with Gasteiger partial charge in [-0.15, -0.1) is 0 Å². The lowest BCUT2D eigenvalue weighted by Crippen LogP contribution is -2.35. The van der Waals surface area contributed by atoms with E-state index in [1.165, 1.54) is 0 Å². The number of carboxylic acids is 1. The van der Waals surface area contributed by atoms with Crippen LogP contribution in [0.15, 0.2) is 103 Å². The van der Waals surface area contributed by atoms with Gasteiger partial charge in [-0.05, 0) is 59.4 Å². The van der Waals surface area contributed by atoms with E-state index in [9.17, 15) is 19.5 Å². The number of benzene rings is 3. The number of unbranched alkanes of at least 4 members (excludes halogenated alkanes) is 1. The second kappa shape index (κ2) is 15.3. The van der Waals surface area contributed by atoms with Crippen LogP contribution in [0.1, 0.15) is 58.0 Å². The Bertz CT molecular complexity index is 1470. The second-order valence-corrected chi connectivity index (χ2v) is 10.2. The highest BCUT2D eigenvalue weighted by Crippen LogP contribution is 2.30. The first kappa shape index (κ1) is 30.2. The third-order valence-electron chi connectivity index (χ3n) is 7.19. The van der Waals surface area contributed by atoms with Crippen LogP contribution in [0.5, 0.6) is 0 Å². The van der Waals surface area contributed by atoms with Crippen molar-refractivity contribution in [1.82, 2.24) is 14.8 Å². The number of rotatable bonds is 14. The fraction of sp³-hybridized carbons (Fsp3) is 0.257. The smallest absolute Gasteiger partial charge is 0.305 e. The molecule has 4 aromatic rings. The molecule has 0 saturated carbocycles. The molecular weight excluding hydrogens is 526 g/mol. The van der Waals surface area contributed by atoms with Gasteiger partial charge in [-0.25, -0.2) is 0 Å². The number of nitrogens with zero attached hydrogens (tertiary/aromatic N) is 3. The SMILES string of the molecule is CCCCN(Cc1ccccc1)C(=O)c1ccccc1-c1ccccc1C(=O)N(CCC(=O)O)CCc1ccncc1. The molecule has 1 aromatic heterocycles. The highest BCUT2D eigenvalue weighted by molar-refractivity contribution is 6.06. The first-order chi connectivity index (χ1) is 20.5. The van der Waals surface area contributed by atoms with Crippen LogP contribution in [0.4, 0.5) is 0 Å². The van der Waals surface area contributed by atoms with E-state index in [-0.39, 0.29) is 24.8 Å². The average Bonchev–Trinajstić information content (AvgIpc) is 3.03. The van der Waals surface area contributed by atoms with Gasteiger partial charge in [-0.1, -0.05) is 80.1 Å². The summed E-state index contributed by atoms with van der Waals surface area (Å²) in [6.45, 7) is 3.65. The molecule has 1 heterocycles. The number of carbonyl (C=O) groups excluding carboxylic acids is 2. The molecule has 0 bridgehead atoms. The van der Waals surface area contributed by atoms with E-state index in [4.69, 9.17) is 0 Å². The monoisotopic (exact) mass is 563 g/mol. The van der Waals surface area contributed by atoms with Crippen molar-refractivity contribution in [2.24, 2.45) is 0 Å². The maximum atomic E-state index is 14.1. The summed E-state index contributed by atoms with van der Waals surface area (Å²) in [5.41, 5.74) is 4.34. The van der Waals surface area contributed by atoms with Crippen molar-refractivity contribution in [1.29, 1.82) is 0 Å². The summed E-state index contributed by atoms with van der Waals surface area (Å²) in [4.78, 5) is 47.0. The van der Waals surface area contributed by atoms with E-state index < -0.39 is 5.97 Å². The van der Waals surface area contributed by atoms with Crippen molar-refractivity contribution in [3.05, 3.63) is 126 Å². The van der Waals surface area contributed by atoms with Crippen molar-refractivity contribution in [3.63, 3.8) is 0 Å². The summed E-state index contributed by atoms with van der Waals surface area (Å²) in [5.74, 6) is -1.33. The van der Waals surface area contributed by atoms with E-state index in [2.05, 4.69) is 11.9 Å². The molecule has 0 unspecified atom stereocenters. The molecule has 0 fully saturated rings. The van der Waals surface area contributed by atoms with Gasteiger partial charge in [0.1, 0.15) is 0 Å². The fourth-order valence-electron chi connectivity index (χ4n) is 4.91. The fourth-order valence-corrected chi connectivity index (χ4v) is 4.91. The Kier molecular flexibility index (Phi) is 11.0. The van der Waals surface area contributed by atoms with Gasteiger partial charge >= 0.3 is 5.97 Å². The summed E-state index contributed by atoms with van der Waals surface area (Å²) >= 11 is 0. The molecule has 7 nitrogen and oxygen atoms in total. The van der Waals surface area contributed by atoms with Crippen molar-refractivity contribution >= 4 is 17.8 Å². The lowest BCUT2D eigenvalue weighted by molar-refractivity contribution is -0.137.